The third-order valence-corrected chi connectivity index (χ3v) is 27.2. The van der Waals surface area contributed by atoms with E-state index in [0.717, 1.165) is 12.8 Å². The number of hydrogen-bond donors (Lipinski definition) is 0. The van der Waals surface area contributed by atoms with Gasteiger partial charge in [-0.25, -0.2) is 0 Å². The Morgan fingerprint density at radius 2 is 1.30 bits per heavy atom. The first-order valence-electron chi connectivity index (χ1n) is 17.1. The van der Waals surface area contributed by atoms with E-state index < -0.39 is 18.3 Å². The Morgan fingerprint density at radius 3 is 1.83 bits per heavy atom. The Hall–Kier alpha value is -2.05. The summed E-state index contributed by atoms with van der Waals surface area (Å²) in [6, 6.07) is 21.7. The predicted octanol–water partition coefficient (Wildman–Crippen LogP) is 12.2. The molecule has 0 saturated carbocycles. The van der Waals surface area contributed by atoms with Crippen molar-refractivity contribution in [2.45, 2.75) is 97.5 Å². The minimum absolute atomic E-state index is 0. The van der Waals surface area contributed by atoms with Gasteiger partial charge in [0.05, 0.1) is 0 Å². The molecule has 3 aromatic carbocycles. The molecule has 4 aliphatic carbocycles. The van der Waals surface area contributed by atoms with Crippen molar-refractivity contribution in [3.05, 3.63) is 119 Å². The number of hydrogen-bond acceptors (Lipinski definition) is 0. The first-order valence-corrected chi connectivity index (χ1v) is 25.0. The topological polar surface area (TPSA) is 0 Å². The fourth-order valence-corrected chi connectivity index (χ4v) is 25.3. The summed E-state index contributed by atoms with van der Waals surface area (Å²) in [4.78, 5) is 0. The average molecular weight is 745 g/mol. The summed E-state index contributed by atoms with van der Waals surface area (Å²) in [5.74, 6) is 0. The number of halogens is 2. The summed E-state index contributed by atoms with van der Waals surface area (Å²) >= 11 is -4.28. The molecule has 0 fully saturated rings. The second-order valence-electron chi connectivity index (χ2n) is 18.1. The number of fused-ring (bicyclic) bond motifs is 5. The standard InChI is InChI=1S/C31H37.C6H5.C5H5.CH3.CH2.2ClH.Zr/c1-28(2,3)26-16-30(7,8)24-12-18-11-19-13-25-23(15-21(19)20(18)14-22(24)26)27(29(4,5)6)17-31(25,9)10;1-2-4-6-5-3-1;1-2-4-5-3-1;;;;;/h12-16H,11H2,1-10H3;1-5H;1-3H,4H2;1H3;1H2;2*1H;. The van der Waals surface area contributed by atoms with Gasteiger partial charge in [-0.05, 0) is 0 Å². The Kier molecular flexibility index (Phi) is 8.46. The van der Waals surface area contributed by atoms with Crippen LogP contribution in [-0.2, 0) is 35.5 Å². The maximum atomic E-state index is 5.51. The van der Waals surface area contributed by atoms with Crippen LogP contribution in [0.3, 0.4) is 0 Å². The van der Waals surface area contributed by atoms with Crippen LogP contribution < -0.4 is 3.27 Å². The van der Waals surface area contributed by atoms with E-state index in [4.69, 9.17) is 4.21 Å². The molecule has 3 heteroatoms. The third kappa shape index (κ3) is 5.04. The molecule has 0 nitrogen and oxygen atoms in total. The fourth-order valence-electron chi connectivity index (χ4n) is 9.78. The van der Waals surface area contributed by atoms with Gasteiger partial charge in [-0.15, -0.1) is 24.8 Å². The summed E-state index contributed by atoms with van der Waals surface area (Å²) in [6.07, 6.45) is 11.6. The van der Waals surface area contributed by atoms with Crippen molar-refractivity contribution in [2.75, 3.05) is 0 Å². The molecule has 0 aliphatic heterocycles. The predicted molar refractivity (Wildman–Crippen MR) is 210 cm³/mol. The SMILES string of the molecule is Cl.Cl.[CH2]=[Zr]([CH3])([C]1=CC=CC1)([C]1=C(C(C)(C)C)c2cc3c(cc2C1(C)C)Cc1cc2c(cc1-3)C(C(C)(C)C)=CC2(C)C)[c]1ccccc1. The zero-order chi connectivity index (χ0) is 32.6. The van der Waals surface area contributed by atoms with Crippen molar-refractivity contribution >= 4 is 43.4 Å². The van der Waals surface area contributed by atoms with Crippen LogP contribution in [0.25, 0.3) is 22.3 Å². The summed E-state index contributed by atoms with van der Waals surface area (Å²) < 4.78 is 12.9. The van der Waals surface area contributed by atoms with Crippen molar-refractivity contribution < 1.29 is 18.3 Å². The molecule has 0 spiro atoms. The van der Waals surface area contributed by atoms with Crippen LogP contribution in [0.4, 0.5) is 0 Å². The third-order valence-electron chi connectivity index (χ3n) is 11.9. The van der Waals surface area contributed by atoms with Crippen molar-refractivity contribution in [3.63, 3.8) is 0 Å². The molecular weight excluding hydrogens is 691 g/mol. The van der Waals surface area contributed by atoms with Gasteiger partial charge >= 0.3 is 275 Å². The Bertz CT molecular complexity index is 2010. The molecule has 3 aromatic rings. The first-order chi connectivity index (χ1) is 20.8. The van der Waals surface area contributed by atoms with E-state index >= 15 is 0 Å². The van der Waals surface area contributed by atoms with Gasteiger partial charge in [0.2, 0.25) is 0 Å². The van der Waals surface area contributed by atoms with Crippen LogP contribution in [0.15, 0.2) is 85.5 Å². The zero-order valence-electron chi connectivity index (χ0n) is 30.4. The van der Waals surface area contributed by atoms with Crippen LogP contribution in [0.1, 0.15) is 109 Å². The Balaban J connectivity index is 0.00000217. The molecule has 0 amide bonds. The average Bonchev–Trinajstić information content (AvgIpc) is 3.70. The molecule has 4 aliphatic rings. The van der Waals surface area contributed by atoms with Crippen molar-refractivity contribution in [1.29, 1.82) is 0 Å². The Labute approximate surface area is 298 Å². The van der Waals surface area contributed by atoms with E-state index in [1.807, 2.05) is 0 Å². The van der Waals surface area contributed by atoms with Gasteiger partial charge in [-0.1, -0.05) is 0 Å². The van der Waals surface area contributed by atoms with E-state index in [9.17, 15) is 0 Å². The molecule has 248 valence electrons. The van der Waals surface area contributed by atoms with Crippen LogP contribution in [0.2, 0.25) is 4.63 Å². The van der Waals surface area contributed by atoms with Gasteiger partial charge in [0.15, 0.2) is 0 Å². The van der Waals surface area contributed by atoms with Crippen LogP contribution in [0, 0.1) is 10.8 Å². The van der Waals surface area contributed by atoms with Gasteiger partial charge in [-0.3, -0.25) is 0 Å². The van der Waals surface area contributed by atoms with E-state index in [0.29, 0.717) is 0 Å². The normalized spacial score (nSPS) is 18.9. The van der Waals surface area contributed by atoms with E-state index in [-0.39, 0.29) is 46.5 Å². The molecule has 0 unspecified atom stereocenters. The van der Waals surface area contributed by atoms with Gasteiger partial charge < -0.3 is 0 Å². The van der Waals surface area contributed by atoms with Gasteiger partial charge in [0.25, 0.3) is 0 Å². The number of benzene rings is 3. The van der Waals surface area contributed by atoms with Crippen molar-refractivity contribution in [1.82, 2.24) is 0 Å². The minimum atomic E-state index is -4.28. The zero-order valence-corrected chi connectivity index (χ0v) is 34.5. The summed E-state index contributed by atoms with van der Waals surface area (Å²) in [5, 5.41) is 0. The molecule has 0 atom stereocenters. The van der Waals surface area contributed by atoms with Crippen LogP contribution in [-0.4, -0.2) is 4.21 Å². The van der Waals surface area contributed by atoms with Gasteiger partial charge in [0, 0.05) is 0 Å². The first kappa shape index (κ1) is 36.2. The van der Waals surface area contributed by atoms with Crippen LogP contribution >= 0.6 is 24.8 Å². The summed E-state index contributed by atoms with van der Waals surface area (Å²) in [5.41, 5.74) is 14.9. The molecule has 0 radical (unpaired) electrons. The van der Waals surface area contributed by atoms with Crippen LogP contribution in [0.5, 0.6) is 0 Å². The molecule has 7 rings (SSSR count). The second kappa shape index (κ2) is 11.0. The molecule has 0 aromatic heterocycles. The monoisotopic (exact) mass is 742 g/mol. The van der Waals surface area contributed by atoms with Gasteiger partial charge in [-0.2, -0.15) is 0 Å². The van der Waals surface area contributed by atoms with Crippen molar-refractivity contribution in [2.24, 2.45) is 10.8 Å². The van der Waals surface area contributed by atoms with E-state index in [1.54, 1.807) is 12.1 Å². The molecule has 47 heavy (non-hydrogen) atoms. The molecule has 0 heterocycles. The molecule has 0 saturated heterocycles. The maximum absolute atomic E-state index is 5.51. The second-order valence-corrected chi connectivity index (χ2v) is 32.2. The number of rotatable bonds is 3. The summed E-state index contributed by atoms with van der Waals surface area (Å²) in [7, 11) is 0. The number of allylic oxidation sites excluding steroid dienone is 8. The van der Waals surface area contributed by atoms with Crippen molar-refractivity contribution in [3.8, 4) is 11.1 Å². The summed E-state index contributed by atoms with van der Waals surface area (Å²) in [6.45, 7) is 24.2. The fraction of sp³-hybridized carbons (Fsp3) is 0.386. The molecule has 0 bridgehead atoms. The molecular formula is C44H54Cl2Zr. The van der Waals surface area contributed by atoms with E-state index in [2.05, 4.69) is 153 Å². The van der Waals surface area contributed by atoms with E-state index in [1.165, 1.54) is 53.4 Å². The Morgan fingerprint density at radius 1 is 0.723 bits per heavy atom. The molecule has 0 N–H and O–H groups in total. The quantitative estimate of drug-likeness (QED) is 0.196. The van der Waals surface area contributed by atoms with Gasteiger partial charge in [0.1, 0.15) is 0 Å².